The van der Waals surface area contributed by atoms with Gasteiger partial charge in [-0.1, -0.05) is 35.9 Å². The topological polar surface area (TPSA) is 12.4 Å². The summed E-state index contributed by atoms with van der Waals surface area (Å²) in [6.07, 6.45) is 4.05. The van der Waals surface area contributed by atoms with Crippen LogP contribution in [0.1, 0.15) is 49.8 Å². The minimum atomic E-state index is 0.561. The lowest BCUT2D eigenvalue weighted by Crippen LogP contribution is -2.03. The molecule has 1 aliphatic rings. The Bertz CT molecular complexity index is 561. The second kappa shape index (κ2) is 5.56. The minimum Gasteiger partial charge on any atom is -0.262 e. The lowest BCUT2D eigenvalue weighted by Gasteiger charge is -2.16. The van der Waals surface area contributed by atoms with Crippen LogP contribution in [0.4, 0.5) is 0 Å². The van der Waals surface area contributed by atoms with E-state index >= 15 is 0 Å². The maximum Gasteiger partial charge on any atom is 0.0401 e. The van der Waals surface area contributed by atoms with Crippen molar-refractivity contribution in [1.82, 2.24) is 0 Å². The van der Waals surface area contributed by atoms with Gasteiger partial charge in [0.25, 0.3) is 0 Å². The molecule has 1 unspecified atom stereocenters. The van der Waals surface area contributed by atoms with E-state index in [2.05, 4.69) is 57.5 Å². The van der Waals surface area contributed by atoms with Crippen LogP contribution < -0.4 is 0 Å². The zero-order chi connectivity index (χ0) is 14.0. The molecule has 1 aromatic carbocycles. The second-order valence-electron chi connectivity index (χ2n) is 5.50. The average molecular weight is 253 g/mol. The van der Waals surface area contributed by atoms with Crippen molar-refractivity contribution in [3.63, 3.8) is 0 Å². The maximum atomic E-state index is 4.31. The van der Waals surface area contributed by atoms with E-state index in [0.717, 1.165) is 5.71 Å². The molecule has 0 fully saturated rings. The van der Waals surface area contributed by atoms with Gasteiger partial charge in [-0.3, -0.25) is 4.99 Å². The van der Waals surface area contributed by atoms with Crippen LogP contribution in [0.3, 0.4) is 0 Å². The Hall–Kier alpha value is -1.63. The van der Waals surface area contributed by atoms with E-state index in [9.17, 15) is 0 Å². The van der Waals surface area contributed by atoms with Crippen molar-refractivity contribution in [3.8, 4) is 0 Å². The first kappa shape index (κ1) is 13.8. The number of allylic oxidation sites excluding steroid dienone is 2. The largest absolute Gasteiger partial charge is 0.262 e. The van der Waals surface area contributed by atoms with Gasteiger partial charge < -0.3 is 0 Å². The highest BCUT2D eigenvalue weighted by Crippen LogP contribution is 2.39. The Labute approximate surface area is 116 Å². The van der Waals surface area contributed by atoms with Gasteiger partial charge in [0.15, 0.2) is 0 Å². The third-order valence-corrected chi connectivity index (χ3v) is 4.32. The summed E-state index contributed by atoms with van der Waals surface area (Å²) in [5.74, 6) is 0.561. The van der Waals surface area contributed by atoms with Crippen LogP contribution in [-0.2, 0) is 6.42 Å². The molecule has 0 saturated carbocycles. The summed E-state index contributed by atoms with van der Waals surface area (Å²) in [4.78, 5) is 4.31. The van der Waals surface area contributed by atoms with Crippen LogP contribution in [0.5, 0.6) is 0 Å². The molecular formula is C18H23N. The van der Waals surface area contributed by atoms with Gasteiger partial charge in [-0.25, -0.2) is 0 Å². The summed E-state index contributed by atoms with van der Waals surface area (Å²) in [5.41, 5.74) is 8.23. The zero-order valence-electron chi connectivity index (χ0n) is 12.5. The fourth-order valence-electron chi connectivity index (χ4n) is 2.98. The third kappa shape index (κ3) is 2.70. The lowest BCUT2D eigenvalue weighted by atomic mass is 9.89. The molecule has 0 amide bonds. The molecule has 1 nitrogen and oxygen atoms in total. The van der Waals surface area contributed by atoms with Gasteiger partial charge >= 0.3 is 0 Å². The summed E-state index contributed by atoms with van der Waals surface area (Å²) in [6, 6.07) is 6.87. The molecule has 1 aliphatic carbocycles. The summed E-state index contributed by atoms with van der Waals surface area (Å²) < 4.78 is 0. The van der Waals surface area contributed by atoms with E-state index in [0.29, 0.717) is 5.92 Å². The van der Waals surface area contributed by atoms with Gasteiger partial charge in [0.05, 0.1) is 0 Å². The second-order valence-corrected chi connectivity index (χ2v) is 5.50. The molecule has 1 atom stereocenters. The SMILES string of the molecule is C=CN=C(C)/C(C)=C(\C)C1CCc2cc(C)ccc21. The van der Waals surface area contributed by atoms with Crippen molar-refractivity contribution >= 4 is 5.71 Å². The molecule has 0 bridgehead atoms. The molecule has 1 aromatic rings. The fraction of sp³-hybridized carbons (Fsp3) is 0.389. The Morgan fingerprint density at radius 2 is 2.05 bits per heavy atom. The lowest BCUT2D eigenvalue weighted by molar-refractivity contribution is 0.766. The molecule has 0 spiro atoms. The molecule has 0 saturated heterocycles. The fourth-order valence-corrected chi connectivity index (χ4v) is 2.98. The molecule has 0 radical (unpaired) electrons. The van der Waals surface area contributed by atoms with Gasteiger partial charge in [0.2, 0.25) is 0 Å². The molecule has 0 aliphatic heterocycles. The smallest absolute Gasteiger partial charge is 0.0401 e. The first-order chi connectivity index (χ1) is 9.04. The number of aliphatic imine (C=N–C) groups is 1. The van der Waals surface area contributed by atoms with Crippen molar-refractivity contribution in [1.29, 1.82) is 0 Å². The predicted molar refractivity (Wildman–Crippen MR) is 83.9 cm³/mol. The molecule has 19 heavy (non-hydrogen) atoms. The van der Waals surface area contributed by atoms with E-state index < -0.39 is 0 Å². The minimum absolute atomic E-state index is 0.561. The highest BCUT2D eigenvalue weighted by molar-refractivity contribution is 5.98. The normalized spacial score (nSPS) is 20.0. The van der Waals surface area contributed by atoms with Crippen molar-refractivity contribution in [2.75, 3.05) is 0 Å². The van der Waals surface area contributed by atoms with Gasteiger partial charge in [-0.05, 0) is 57.2 Å². The number of benzene rings is 1. The zero-order valence-corrected chi connectivity index (χ0v) is 12.5. The number of fused-ring (bicyclic) bond motifs is 1. The molecule has 100 valence electrons. The number of hydrogen-bond acceptors (Lipinski definition) is 1. The Morgan fingerprint density at radius 1 is 1.32 bits per heavy atom. The first-order valence-corrected chi connectivity index (χ1v) is 6.97. The van der Waals surface area contributed by atoms with Crippen LogP contribution >= 0.6 is 0 Å². The van der Waals surface area contributed by atoms with E-state index in [-0.39, 0.29) is 0 Å². The quantitative estimate of drug-likeness (QED) is 0.675. The van der Waals surface area contributed by atoms with Crippen molar-refractivity contribution in [3.05, 3.63) is 58.8 Å². The highest BCUT2D eigenvalue weighted by Gasteiger charge is 2.24. The molecule has 0 aromatic heterocycles. The Kier molecular flexibility index (Phi) is 4.04. The van der Waals surface area contributed by atoms with E-state index in [1.54, 1.807) is 6.20 Å². The average Bonchev–Trinajstić information content (AvgIpc) is 2.80. The van der Waals surface area contributed by atoms with E-state index in [1.165, 1.54) is 40.7 Å². The Balaban J connectivity index is 2.38. The van der Waals surface area contributed by atoms with E-state index in [4.69, 9.17) is 0 Å². The summed E-state index contributed by atoms with van der Waals surface area (Å²) in [7, 11) is 0. The summed E-state index contributed by atoms with van der Waals surface area (Å²) in [5, 5.41) is 0. The van der Waals surface area contributed by atoms with Gasteiger partial charge in [0.1, 0.15) is 0 Å². The van der Waals surface area contributed by atoms with Crippen LogP contribution in [0.2, 0.25) is 0 Å². The monoisotopic (exact) mass is 253 g/mol. The highest BCUT2D eigenvalue weighted by atomic mass is 14.7. The molecule has 2 rings (SSSR count). The van der Waals surface area contributed by atoms with Crippen LogP contribution in [0.15, 0.2) is 47.1 Å². The molecule has 0 N–H and O–H groups in total. The molecule has 0 heterocycles. The van der Waals surface area contributed by atoms with Gasteiger partial charge in [-0.15, -0.1) is 0 Å². The maximum absolute atomic E-state index is 4.31. The van der Waals surface area contributed by atoms with Crippen LogP contribution in [0.25, 0.3) is 0 Å². The van der Waals surface area contributed by atoms with Crippen LogP contribution in [-0.4, -0.2) is 5.71 Å². The molecular weight excluding hydrogens is 230 g/mol. The number of hydrogen-bond donors (Lipinski definition) is 0. The number of rotatable bonds is 3. The first-order valence-electron chi connectivity index (χ1n) is 6.97. The third-order valence-electron chi connectivity index (χ3n) is 4.32. The van der Waals surface area contributed by atoms with E-state index in [1.807, 2.05) is 0 Å². The van der Waals surface area contributed by atoms with Crippen molar-refractivity contribution in [2.45, 2.75) is 46.5 Å². The summed E-state index contributed by atoms with van der Waals surface area (Å²) in [6.45, 7) is 12.3. The molecule has 1 heteroatoms. The van der Waals surface area contributed by atoms with Gasteiger partial charge in [0, 0.05) is 17.8 Å². The standard InChI is InChI=1S/C18H23N/c1-6-19-15(5)13(3)14(4)17-10-8-16-11-12(2)7-9-18(16)17/h6-7,9,11,17H,1,8,10H2,2-5H3/b14-13+,19-15?. The number of nitrogens with zero attached hydrogens (tertiary/aromatic N) is 1. The Morgan fingerprint density at radius 3 is 2.74 bits per heavy atom. The number of aryl methyl sites for hydroxylation is 2. The van der Waals surface area contributed by atoms with Crippen molar-refractivity contribution in [2.24, 2.45) is 4.99 Å². The van der Waals surface area contributed by atoms with Crippen molar-refractivity contribution < 1.29 is 0 Å². The summed E-state index contributed by atoms with van der Waals surface area (Å²) >= 11 is 0. The van der Waals surface area contributed by atoms with Gasteiger partial charge in [-0.2, -0.15) is 0 Å². The van der Waals surface area contributed by atoms with Crippen LogP contribution in [0, 0.1) is 6.92 Å². The predicted octanol–water partition coefficient (Wildman–Crippen LogP) is 4.97.